The summed E-state index contributed by atoms with van der Waals surface area (Å²) in [5.41, 5.74) is 2.41. The van der Waals surface area contributed by atoms with Crippen LogP contribution in [0.4, 0.5) is 4.39 Å². The number of aryl methyl sites for hydroxylation is 1. The van der Waals surface area contributed by atoms with Gasteiger partial charge in [-0.25, -0.2) is 4.39 Å². The molecule has 0 spiro atoms. The molecule has 1 aliphatic rings. The second kappa shape index (κ2) is 5.59. The Balaban J connectivity index is 2.16. The molecular weight excluding hydrogens is 239 g/mol. The number of benzene rings is 1. The van der Waals surface area contributed by atoms with Crippen molar-refractivity contribution in [3.05, 3.63) is 35.1 Å². The molecule has 1 heterocycles. The maximum absolute atomic E-state index is 13.4. The van der Waals surface area contributed by atoms with E-state index in [0.717, 1.165) is 31.6 Å². The summed E-state index contributed by atoms with van der Waals surface area (Å²) >= 11 is 0. The van der Waals surface area contributed by atoms with E-state index >= 15 is 0 Å². The Labute approximate surface area is 116 Å². The van der Waals surface area contributed by atoms with Crippen LogP contribution in [-0.2, 0) is 6.54 Å². The lowest BCUT2D eigenvalue weighted by Gasteiger charge is -2.44. The van der Waals surface area contributed by atoms with Crippen molar-refractivity contribution in [2.45, 2.75) is 52.2 Å². The molecule has 1 fully saturated rings. The van der Waals surface area contributed by atoms with Crippen LogP contribution in [0.1, 0.15) is 38.3 Å². The summed E-state index contributed by atoms with van der Waals surface area (Å²) in [7, 11) is 0. The van der Waals surface area contributed by atoms with Gasteiger partial charge in [-0.3, -0.25) is 4.90 Å². The number of hydrogen-bond acceptors (Lipinski definition) is 2. The summed E-state index contributed by atoms with van der Waals surface area (Å²) in [6, 6.07) is 5.63. The zero-order valence-corrected chi connectivity index (χ0v) is 12.5. The summed E-state index contributed by atoms with van der Waals surface area (Å²) < 4.78 is 13.4. The topological polar surface area (TPSA) is 15.3 Å². The standard InChI is InChI=1S/C16H25FN2/c1-5-15-9-18-16(3,4)11-19(15)10-13-8-14(17)7-6-12(13)2/h6-8,15,18H,5,9-11H2,1-4H3. The number of nitrogens with zero attached hydrogens (tertiary/aromatic N) is 1. The molecule has 2 nitrogen and oxygen atoms in total. The fraction of sp³-hybridized carbons (Fsp3) is 0.625. The zero-order chi connectivity index (χ0) is 14.0. The molecule has 1 aliphatic heterocycles. The van der Waals surface area contributed by atoms with Gasteiger partial charge in [0.25, 0.3) is 0 Å². The lowest BCUT2D eigenvalue weighted by molar-refractivity contribution is 0.0856. The predicted octanol–water partition coefficient (Wildman–Crippen LogP) is 3.10. The molecule has 1 aromatic carbocycles. The molecule has 19 heavy (non-hydrogen) atoms. The number of piperazine rings is 1. The van der Waals surface area contributed by atoms with Crippen molar-refractivity contribution in [1.82, 2.24) is 10.2 Å². The molecule has 2 rings (SSSR count). The van der Waals surface area contributed by atoms with Gasteiger partial charge in [-0.1, -0.05) is 13.0 Å². The molecule has 0 radical (unpaired) electrons. The summed E-state index contributed by atoms with van der Waals surface area (Å²) in [5.74, 6) is -0.136. The highest BCUT2D eigenvalue weighted by Crippen LogP contribution is 2.21. The average molecular weight is 264 g/mol. The zero-order valence-electron chi connectivity index (χ0n) is 12.5. The highest BCUT2D eigenvalue weighted by atomic mass is 19.1. The van der Waals surface area contributed by atoms with E-state index in [4.69, 9.17) is 0 Å². The van der Waals surface area contributed by atoms with E-state index in [0.29, 0.717) is 6.04 Å². The van der Waals surface area contributed by atoms with Crippen molar-refractivity contribution in [2.75, 3.05) is 13.1 Å². The molecule has 106 valence electrons. The Morgan fingerprint density at radius 2 is 2.16 bits per heavy atom. The van der Waals surface area contributed by atoms with Crippen LogP contribution in [0.2, 0.25) is 0 Å². The first-order valence-corrected chi connectivity index (χ1v) is 7.15. The third-order valence-electron chi connectivity index (χ3n) is 4.09. The van der Waals surface area contributed by atoms with Gasteiger partial charge in [0.15, 0.2) is 0 Å². The molecule has 0 bridgehead atoms. The van der Waals surface area contributed by atoms with Gasteiger partial charge in [-0.15, -0.1) is 0 Å². The largest absolute Gasteiger partial charge is 0.309 e. The van der Waals surface area contributed by atoms with Gasteiger partial charge in [-0.2, -0.15) is 0 Å². The molecular formula is C16H25FN2. The normalized spacial score (nSPS) is 23.5. The van der Waals surface area contributed by atoms with Gasteiger partial charge in [-0.05, 0) is 50.5 Å². The fourth-order valence-electron chi connectivity index (χ4n) is 2.83. The van der Waals surface area contributed by atoms with Crippen LogP contribution in [0, 0.1) is 12.7 Å². The van der Waals surface area contributed by atoms with Crippen LogP contribution >= 0.6 is 0 Å². The maximum Gasteiger partial charge on any atom is 0.123 e. The molecule has 1 saturated heterocycles. The van der Waals surface area contributed by atoms with Crippen LogP contribution < -0.4 is 5.32 Å². The first-order chi connectivity index (χ1) is 8.91. The summed E-state index contributed by atoms with van der Waals surface area (Å²) in [6.07, 6.45) is 1.12. The Hall–Kier alpha value is -0.930. The molecule has 1 N–H and O–H groups in total. The average Bonchev–Trinajstić information content (AvgIpc) is 2.33. The van der Waals surface area contributed by atoms with Crippen molar-refractivity contribution in [1.29, 1.82) is 0 Å². The summed E-state index contributed by atoms with van der Waals surface area (Å²) in [5, 5.41) is 3.59. The molecule has 3 heteroatoms. The molecule has 1 aromatic rings. The summed E-state index contributed by atoms with van der Waals surface area (Å²) in [4.78, 5) is 2.48. The van der Waals surface area contributed by atoms with Gasteiger partial charge < -0.3 is 5.32 Å². The predicted molar refractivity (Wildman–Crippen MR) is 77.7 cm³/mol. The number of hydrogen-bond donors (Lipinski definition) is 1. The number of rotatable bonds is 3. The lowest BCUT2D eigenvalue weighted by Crippen LogP contribution is -2.61. The molecule has 1 atom stereocenters. The molecule has 0 saturated carbocycles. The maximum atomic E-state index is 13.4. The Kier molecular flexibility index (Phi) is 4.26. The van der Waals surface area contributed by atoms with Gasteiger partial charge in [0.1, 0.15) is 5.82 Å². The SMILES string of the molecule is CCC1CNC(C)(C)CN1Cc1cc(F)ccc1C. The van der Waals surface area contributed by atoms with Gasteiger partial charge >= 0.3 is 0 Å². The van der Waals surface area contributed by atoms with E-state index in [-0.39, 0.29) is 11.4 Å². The van der Waals surface area contributed by atoms with E-state index < -0.39 is 0 Å². The van der Waals surface area contributed by atoms with Gasteiger partial charge in [0, 0.05) is 31.2 Å². The van der Waals surface area contributed by atoms with E-state index in [2.05, 4.69) is 37.9 Å². The van der Waals surface area contributed by atoms with E-state index in [1.165, 1.54) is 11.6 Å². The first-order valence-electron chi connectivity index (χ1n) is 7.15. The van der Waals surface area contributed by atoms with Crippen molar-refractivity contribution in [2.24, 2.45) is 0 Å². The smallest absolute Gasteiger partial charge is 0.123 e. The van der Waals surface area contributed by atoms with Crippen LogP contribution in [0.15, 0.2) is 18.2 Å². The van der Waals surface area contributed by atoms with Crippen LogP contribution in [0.3, 0.4) is 0 Å². The van der Waals surface area contributed by atoms with Crippen molar-refractivity contribution < 1.29 is 4.39 Å². The quantitative estimate of drug-likeness (QED) is 0.902. The monoisotopic (exact) mass is 264 g/mol. The minimum atomic E-state index is -0.136. The first kappa shape index (κ1) is 14.5. The number of nitrogens with one attached hydrogen (secondary N) is 1. The second-order valence-electron chi connectivity index (χ2n) is 6.30. The van der Waals surface area contributed by atoms with Gasteiger partial charge in [0.05, 0.1) is 0 Å². The van der Waals surface area contributed by atoms with Crippen molar-refractivity contribution in [3.8, 4) is 0 Å². The summed E-state index contributed by atoms with van der Waals surface area (Å²) in [6.45, 7) is 11.6. The third-order valence-corrected chi connectivity index (χ3v) is 4.09. The lowest BCUT2D eigenvalue weighted by atomic mass is 9.96. The second-order valence-corrected chi connectivity index (χ2v) is 6.30. The van der Waals surface area contributed by atoms with Crippen LogP contribution in [0.25, 0.3) is 0 Å². The minimum Gasteiger partial charge on any atom is -0.309 e. The Bertz CT molecular complexity index is 442. The Morgan fingerprint density at radius 3 is 2.84 bits per heavy atom. The Morgan fingerprint density at radius 1 is 1.42 bits per heavy atom. The molecule has 1 unspecified atom stereocenters. The van der Waals surface area contributed by atoms with E-state index in [1.807, 2.05) is 6.07 Å². The van der Waals surface area contributed by atoms with E-state index in [1.54, 1.807) is 6.07 Å². The highest BCUT2D eigenvalue weighted by Gasteiger charge is 2.31. The molecule has 0 aromatic heterocycles. The third kappa shape index (κ3) is 3.54. The van der Waals surface area contributed by atoms with E-state index in [9.17, 15) is 4.39 Å². The van der Waals surface area contributed by atoms with Gasteiger partial charge in [0.2, 0.25) is 0 Å². The number of halogens is 1. The fourth-order valence-corrected chi connectivity index (χ4v) is 2.83. The highest BCUT2D eigenvalue weighted by molar-refractivity contribution is 5.26. The van der Waals surface area contributed by atoms with Crippen LogP contribution in [-0.4, -0.2) is 29.6 Å². The van der Waals surface area contributed by atoms with Crippen LogP contribution in [0.5, 0.6) is 0 Å². The van der Waals surface area contributed by atoms with Crippen molar-refractivity contribution in [3.63, 3.8) is 0 Å². The molecule has 0 aliphatic carbocycles. The minimum absolute atomic E-state index is 0.132. The molecule has 0 amide bonds. The van der Waals surface area contributed by atoms with Crippen molar-refractivity contribution >= 4 is 0 Å².